The Kier molecular flexibility index (Phi) is 3.76. The van der Waals surface area contributed by atoms with E-state index >= 15 is 0 Å². The van der Waals surface area contributed by atoms with E-state index in [0.29, 0.717) is 43.5 Å². The van der Waals surface area contributed by atoms with Gasteiger partial charge in [-0.25, -0.2) is 13.4 Å². The molecule has 0 saturated carbocycles. The van der Waals surface area contributed by atoms with Crippen LogP contribution in [0.5, 0.6) is 11.5 Å². The van der Waals surface area contributed by atoms with E-state index in [4.69, 9.17) is 9.47 Å². The summed E-state index contributed by atoms with van der Waals surface area (Å²) in [6.45, 7) is 1.31. The first-order valence-corrected chi connectivity index (χ1v) is 10.1. The normalized spacial score (nSPS) is 20.2. The molecule has 3 aromatic rings. The largest absolute Gasteiger partial charge is 0.486 e. The highest BCUT2D eigenvalue weighted by molar-refractivity contribution is 7.89. The van der Waals surface area contributed by atoms with Gasteiger partial charge in [-0.3, -0.25) is 0 Å². The minimum Gasteiger partial charge on any atom is -0.486 e. The number of aromatic nitrogens is 4. The third-order valence-electron chi connectivity index (χ3n) is 4.87. The molecule has 0 radical (unpaired) electrons. The SMILES string of the molecule is O=S(=O)(c1ccc2c(c1)OCCO2)N1CCC[C@@H]1c1ccnc2ncnn12. The first-order valence-electron chi connectivity index (χ1n) is 8.71. The molecule has 0 spiro atoms. The van der Waals surface area contributed by atoms with Crippen molar-refractivity contribution in [1.82, 2.24) is 23.9 Å². The summed E-state index contributed by atoms with van der Waals surface area (Å²) in [4.78, 5) is 8.44. The first kappa shape index (κ1) is 16.5. The van der Waals surface area contributed by atoms with Gasteiger partial charge in [0, 0.05) is 18.8 Å². The Labute approximate surface area is 155 Å². The predicted molar refractivity (Wildman–Crippen MR) is 94.1 cm³/mol. The van der Waals surface area contributed by atoms with E-state index in [1.54, 1.807) is 28.9 Å². The van der Waals surface area contributed by atoms with Gasteiger partial charge >= 0.3 is 0 Å². The number of hydrogen-bond acceptors (Lipinski definition) is 7. The third kappa shape index (κ3) is 2.63. The van der Waals surface area contributed by atoms with Gasteiger partial charge in [-0.1, -0.05) is 0 Å². The van der Waals surface area contributed by atoms with Crippen LogP contribution in [0.15, 0.2) is 41.7 Å². The Hall–Kier alpha value is -2.72. The fraction of sp³-hybridized carbons (Fsp3) is 0.353. The lowest BCUT2D eigenvalue weighted by atomic mass is 10.1. The van der Waals surface area contributed by atoms with Crippen molar-refractivity contribution in [3.8, 4) is 11.5 Å². The van der Waals surface area contributed by atoms with E-state index in [-0.39, 0.29) is 10.9 Å². The van der Waals surface area contributed by atoms with Crippen molar-refractivity contribution >= 4 is 15.8 Å². The standard InChI is InChI=1S/C17H17N5O4S/c23-27(24,12-3-4-15-16(10-12)26-9-8-25-15)21-7-1-2-13(21)14-5-6-18-17-19-11-20-22(14)17/h3-6,10-11,13H,1-2,7-9H2/t13-/m1/s1. The average Bonchev–Trinajstić information content (AvgIpc) is 3.37. The molecule has 0 N–H and O–H groups in total. The maximum absolute atomic E-state index is 13.3. The fourth-order valence-electron chi connectivity index (χ4n) is 3.65. The number of sulfonamides is 1. The Morgan fingerprint density at radius 1 is 1.07 bits per heavy atom. The number of nitrogens with zero attached hydrogens (tertiary/aromatic N) is 5. The van der Waals surface area contributed by atoms with Gasteiger partial charge in [0.05, 0.1) is 16.6 Å². The molecule has 0 bridgehead atoms. The van der Waals surface area contributed by atoms with E-state index < -0.39 is 10.0 Å². The van der Waals surface area contributed by atoms with Gasteiger partial charge in [-0.05, 0) is 31.0 Å². The molecule has 2 aromatic heterocycles. The van der Waals surface area contributed by atoms with E-state index in [1.807, 2.05) is 0 Å². The second kappa shape index (κ2) is 6.17. The van der Waals surface area contributed by atoms with Crippen LogP contribution in [0.4, 0.5) is 0 Å². The Balaban J connectivity index is 1.55. The van der Waals surface area contributed by atoms with Crippen molar-refractivity contribution in [1.29, 1.82) is 0 Å². The molecule has 1 atom stereocenters. The van der Waals surface area contributed by atoms with Gasteiger partial charge in [0.25, 0.3) is 5.78 Å². The topological polar surface area (TPSA) is 98.9 Å². The highest BCUT2D eigenvalue weighted by atomic mass is 32.2. The van der Waals surface area contributed by atoms with Crippen LogP contribution in [-0.2, 0) is 10.0 Å². The lowest BCUT2D eigenvalue weighted by Crippen LogP contribution is -2.32. The summed E-state index contributed by atoms with van der Waals surface area (Å²) < 4.78 is 40.8. The third-order valence-corrected chi connectivity index (χ3v) is 6.78. The number of fused-ring (bicyclic) bond motifs is 2. The minimum atomic E-state index is -3.71. The number of ether oxygens (including phenoxy) is 2. The van der Waals surface area contributed by atoms with Crippen LogP contribution in [0.25, 0.3) is 5.78 Å². The lowest BCUT2D eigenvalue weighted by Gasteiger charge is -2.25. The predicted octanol–water partition coefficient (Wildman–Crippen LogP) is 1.42. The molecule has 10 heteroatoms. The molecule has 1 fully saturated rings. The van der Waals surface area contributed by atoms with Gasteiger partial charge in [0.2, 0.25) is 10.0 Å². The quantitative estimate of drug-likeness (QED) is 0.670. The van der Waals surface area contributed by atoms with Gasteiger partial charge in [-0.2, -0.15) is 18.9 Å². The van der Waals surface area contributed by atoms with Crippen molar-refractivity contribution in [3.63, 3.8) is 0 Å². The highest BCUT2D eigenvalue weighted by Crippen LogP contribution is 2.39. The molecule has 140 valence electrons. The zero-order valence-electron chi connectivity index (χ0n) is 14.4. The van der Waals surface area contributed by atoms with Crippen molar-refractivity contribution in [2.75, 3.05) is 19.8 Å². The highest BCUT2D eigenvalue weighted by Gasteiger charge is 2.38. The molecular formula is C17H17N5O4S. The Bertz CT molecular complexity index is 1110. The van der Waals surface area contributed by atoms with Gasteiger partial charge < -0.3 is 9.47 Å². The molecule has 4 heterocycles. The summed E-state index contributed by atoms with van der Waals surface area (Å²) in [5.41, 5.74) is 0.760. The Morgan fingerprint density at radius 3 is 2.81 bits per heavy atom. The van der Waals surface area contributed by atoms with Crippen LogP contribution in [0.2, 0.25) is 0 Å². The van der Waals surface area contributed by atoms with Crippen molar-refractivity contribution in [2.45, 2.75) is 23.8 Å². The van der Waals surface area contributed by atoms with Gasteiger partial charge in [0.15, 0.2) is 11.5 Å². The monoisotopic (exact) mass is 387 g/mol. The smallest absolute Gasteiger partial charge is 0.252 e. The summed E-state index contributed by atoms with van der Waals surface area (Å²) >= 11 is 0. The summed E-state index contributed by atoms with van der Waals surface area (Å²) in [6, 6.07) is 6.22. The molecule has 27 heavy (non-hydrogen) atoms. The maximum atomic E-state index is 13.3. The van der Waals surface area contributed by atoms with E-state index in [2.05, 4.69) is 15.1 Å². The maximum Gasteiger partial charge on any atom is 0.252 e. The minimum absolute atomic E-state index is 0.197. The summed E-state index contributed by atoms with van der Waals surface area (Å²) in [6.07, 6.45) is 4.53. The molecule has 2 aliphatic heterocycles. The Morgan fingerprint density at radius 2 is 1.93 bits per heavy atom. The number of benzene rings is 1. The van der Waals surface area contributed by atoms with Gasteiger partial charge in [0.1, 0.15) is 19.5 Å². The first-order chi connectivity index (χ1) is 13.1. The molecule has 9 nitrogen and oxygen atoms in total. The average molecular weight is 387 g/mol. The summed E-state index contributed by atoms with van der Waals surface area (Å²) in [5.74, 6) is 1.48. The zero-order valence-corrected chi connectivity index (χ0v) is 15.2. The van der Waals surface area contributed by atoms with Crippen LogP contribution >= 0.6 is 0 Å². The number of rotatable bonds is 3. The number of hydrogen-bond donors (Lipinski definition) is 0. The van der Waals surface area contributed by atoms with E-state index in [0.717, 1.165) is 12.1 Å². The van der Waals surface area contributed by atoms with Crippen molar-refractivity contribution in [2.24, 2.45) is 0 Å². The summed E-state index contributed by atoms with van der Waals surface area (Å²) in [7, 11) is -3.71. The van der Waals surface area contributed by atoms with E-state index in [9.17, 15) is 8.42 Å². The lowest BCUT2D eigenvalue weighted by molar-refractivity contribution is 0.171. The van der Waals surface area contributed by atoms with Crippen molar-refractivity contribution < 1.29 is 17.9 Å². The zero-order chi connectivity index (χ0) is 18.4. The second-order valence-electron chi connectivity index (χ2n) is 6.42. The van der Waals surface area contributed by atoms with Crippen LogP contribution in [0.3, 0.4) is 0 Å². The fourth-order valence-corrected chi connectivity index (χ4v) is 5.34. The van der Waals surface area contributed by atoms with Crippen LogP contribution in [0.1, 0.15) is 24.6 Å². The molecule has 1 saturated heterocycles. The molecule has 0 aliphatic carbocycles. The van der Waals surface area contributed by atoms with Crippen LogP contribution < -0.4 is 9.47 Å². The van der Waals surface area contributed by atoms with E-state index in [1.165, 1.54) is 16.7 Å². The molecule has 0 unspecified atom stereocenters. The van der Waals surface area contributed by atoms with Gasteiger partial charge in [-0.15, -0.1) is 0 Å². The molecule has 5 rings (SSSR count). The molecular weight excluding hydrogens is 370 g/mol. The van der Waals surface area contributed by atoms with Crippen LogP contribution in [-0.4, -0.2) is 52.1 Å². The van der Waals surface area contributed by atoms with Crippen molar-refractivity contribution in [3.05, 3.63) is 42.5 Å². The summed E-state index contributed by atoms with van der Waals surface area (Å²) in [5, 5.41) is 4.20. The molecule has 1 aromatic carbocycles. The molecule has 2 aliphatic rings. The molecule has 0 amide bonds. The van der Waals surface area contributed by atoms with Crippen LogP contribution in [0, 0.1) is 0 Å². The second-order valence-corrected chi connectivity index (χ2v) is 8.31.